The van der Waals surface area contributed by atoms with Gasteiger partial charge in [0.05, 0.1) is 12.8 Å². The second-order valence-corrected chi connectivity index (χ2v) is 8.58. The first-order valence-corrected chi connectivity index (χ1v) is 11.0. The Labute approximate surface area is 167 Å². The van der Waals surface area contributed by atoms with Crippen molar-refractivity contribution in [3.05, 3.63) is 29.3 Å². The molecule has 0 aromatic heterocycles. The monoisotopic (exact) mass is 383 g/mol. The molecule has 5 rings (SSSR count). The third kappa shape index (κ3) is 3.92. The molecule has 0 spiro atoms. The summed E-state index contributed by atoms with van der Waals surface area (Å²) < 4.78 is 6.03. The molecule has 1 aliphatic carbocycles. The van der Waals surface area contributed by atoms with Crippen molar-refractivity contribution in [3.8, 4) is 5.75 Å². The van der Waals surface area contributed by atoms with Gasteiger partial charge >= 0.3 is 0 Å². The van der Waals surface area contributed by atoms with Gasteiger partial charge in [0.25, 0.3) is 0 Å². The van der Waals surface area contributed by atoms with E-state index in [9.17, 15) is 0 Å². The summed E-state index contributed by atoms with van der Waals surface area (Å²) in [6, 6.07) is 5.16. The molecule has 5 N–H and O–H groups in total. The zero-order valence-electron chi connectivity index (χ0n) is 16.8. The van der Waals surface area contributed by atoms with Gasteiger partial charge in [-0.3, -0.25) is 10.6 Å². The molecule has 2 fully saturated rings. The highest BCUT2D eigenvalue weighted by Crippen LogP contribution is 2.39. The number of ether oxygens (including phenoxy) is 1. The lowest BCUT2D eigenvalue weighted by Crippen LogP contribution is -2.65. The number of nitrogens with one attached hydrogen (secondary N) is 5. The van der Waals surface area contributed by atoms with Gasteiger partial charge in [0.2, 0.25) is 0 Å². The van der Waals surface area contributed by atoms with Gasteiger partial charge in [-0.1, -0.05) is 6.08 Å². The van der Waals surface area contributed by atoms with Crippen LogP contribution in [0.5, 0.6) is 5.75 Å². The lowest BCUT2D eigenvalue weighted by molar-refractivity contribution is 0.223. The van der Waals surface area contributed by atoms with Crippen LogP contribution in [0.25, 0.3) is 5.57 Å². The summed E-state index contributed by atoms with van der Waals surface area (Å²) in [5.41, 5.74) is 5.20. The highest BCUT2D eigenvalue weighted by molar-refractivity contribution is 5.76. The van der Waals surface area contributed by atoms with Crippen molar-refractivity contribution in [3.63, 3.8) is 0 Å². The van der Waals surface area contributed by atoms with Gasteiger partial charge in [-0.05, 0) is 69.3 Å². The quantitative estimate of drug-likeness (QED) is 0.536. The van der Waals surface area contributed by atoms with Crippen LogP contribution in [-0.2, 0) is 6.42 Å². The number of benzene rings is 1. The number of hydrogen-bond donors (Lipinski definition) is 5. The van der Waals surface area contributed by atoms with E-state index in [0.29, 0.717) is 12.2 Å². The Morgan fingerprint density at radius 2 is 2.07 bits per heavy atom. The summed E-state index contributed by atoms with van der Waals surface area (Å²) in [5.74, 6) is 1.95. The van der Waals surface area contributed by atoms with Crippen LogP contribution in [0.3, 0.4) is 0 Å². The minimum atomic E-state index is 0.0785. The molecule has 1 aromatic rings. The summed E-state index contributed by atoms with van der Waals surface area (Å²) >= 11 is 0. The maximum absolute atomic E-state index is 6.03. The van der Waals surface area contributed by atoms with Crippen molar-refractivity contribution < 1.29 is 4.74 Å². The Hall–Kier alpha value is -1.60. The van der Waals surface area contributed by atoms with E-state index >= 15 is 0 Å². The van der Waals surface area contributed by atoms with E-state index in [1.807, 2.05) is 7.05 Å². The van der Waals surface area contributed by atoms with Crippen molar-refractivity contribution >= 4 is 11.3 Å². The lowest BCUT2D eigenvalue weighted by Gasteiger charge is -2.38. The Morgan fingerprint density at radius 3 is 2.93 bits per heavy atom. The van der Waals surface area contributed by atoms with E-state index in [-0.39, 0.29) is 6.29 Å². The highest BCUT2D eigenvalue weighted by Gasteiger charge is 2.37. The molecule has 3 atom stereocenters. The number of allylic oxidation sites excluding steroid dienone is 1. The van der Waals surface area contributed by atoms with E-state index in [2.05, 4.69) is 44.8 Å². The third-order valence-electron chi connectivity index (χ3n) is 6.51. The molecular formula is C22H33N5O. The Balaban J connectivity index is 1.39. The van der Waals surface area contributed by atoms with E-state index in [1.165, 1.54) is 41.6 Å². The molecule has 152 valence electrons. The van der Waals surface area contributed by atoms with Crippen LogP contribution in [0.15, 0.2) is 18.2 Å². The summed E-state index contributed by atoms with van der Waals surface area (Å²) in [7, 11) is 2.04. The van der Waals surface area contributed by atoms with Gasteiger partial charge in [-0.25, -0.2) is 0 Å². The van der Waals surface area contributed by atoms with Crippen LogP contribution < -0.4 is 31.3 Å². The topological polar surface area (TPSA) is 69.4 Å². The standard InChI is InChI=1S/C22H33N5O/c1-23-20-13-19(15-4-5-15)26-22(27-20)25-17-11-16-7-10-28-21(16)18(12-17)14-3-2-8-24-9-6-14/h6,11-12,15,19-20,22-27H,2-5,7-10,13H2,1H3. The molecule has 1 saturated carbocycles. The van der Waals surface area contributed by atoms with E-state index in [0.717, 1.165) is 50.6 Å². The van der Waals surface area contributed by atoms with E-state index in [4.69, 9.17) is 4.74 Å². The van der Waals surface area contributed by atoms with Gasteiger partial charge in [-0.2, -0.15) is 0 Å². The second kappa shape index (κ2) is 8.03. The van der Waals surface area contributed by atoms with Crippen molar-refractivity contribution in [2.24, 2.45) is 5.92 Å². The van der Waals surface area contributed by atoms with Crippen LogP contribution in [-0.4, -0.2) is 45.2 Å². The fourth-order valence-corrected chi connectivity index (χ4v) is 4.81. The van der Waals surface area contributed by atoms with Gasteiger partial charge in [0.1, 0.15) is 12.0 Å². The smallest absolute Gasteiger partial charge is 0.133 e. The zero-order valence-corrected chi connectivity index (χ0v) is 16.8. The van der Waals surface area contributed by atoms with Crippen LogP contribution in [0, 0.1) is 5.92 Å². The van der Waals surface area contributed by atoms with Crippen LogP contribution in [0.4, 0.5) is 5.69 Å². The van der Waals surface area contributed by atoms with Gasteiger partial charge < -0.3 is 20.7 Å². The lowest BCUT2D eigenvalue weighted by atomic mass is 9.96. The van der Waals surface area contributed by atoms with Crippen LogP contribution in [0.1, 0.15) is 43.2 Å². The number of hydrogen-bond acceptors (Lipinski definition) is 6. The molecule has 1 saturated heterocycles. The fourth-order valence-electron chi connectivity index (χ4n) is 4.81. The minimum Gasteiger partial charge on any atom is -0.492 e. The molecule has 0 radical (unpaired) electrons. The van der Waals surface area contributed by atoms with Gasteiger partial charge in [0, 0.05) is 35.8 Å². The van der Waals surface area contributed by atoms with Crippen LogP contribution >= 0.6 is 0 Å². The number of rotatable bonds is 5. The first-order chi connectivity index (χ1) is 13.8. The number of fused-ring (bicyclic) bond motifs is 1. The van der Waals surface area contributed by atoms with Crippen molar-refractivity contribution in [1.82, 2.24) is 21.3 Å². The normalized spacial score (nSPS) is 30.2. The fraction of sp³-hybridized carbons (Fsp3) is 0.636. The van der Waals surface area contributed by atoms with Crippen LogP contribution in [0.2, 0.25) is 0 Å². The molecule has 3 aliphatic heterocycles. The first-order valence-electron chi connectivity index (χ1n) is 11.0. The summed E-state index contributed by atoms with van der Waals surface area (Å²) in [4.78, 5) is 0. The molecule has 6 nitrogen and oxygen atoms in total. The SMILES string of the molecule is CNC1CC(C2CC2)NC(Nc2cc3c(c(C4=CCNCCC4)c2)OCC3)N1. The number of anilines is 1. The second-order valence-electron chi connectivity index (χ2n) is 8.58. The molecular weight excluding hydrogens is 350 g/mol. The molecule has 0 amide bonds. The van der Waals surface area contributed by atoms with Crippen molar-refractivity contribution in [1.29, 1.82) is 0 Å². The molecule has 3 heterocycles. The predicted octanol–water partition coefficient (Wildman–Crippen LogP) is 1.99. The molecule has 3 unspecified atom stereocenters. The maximum Gasteiger partial charge on any atom is 0.133 e. The third-order valence-corrected chi connectivity index (χ3v) is 6.51. The molecule has 4 aliphatic rings. The summed E-state index contributed by atoms with van der Waals surface area (Å²) in [6.45, 7) is 2.83. The largest absolute Gasteiger partial charge is 0.492 e. The Morgan fingerprint density at radius 1 is 1.14 bits per heavy atom. The maximum atomic E-state index is 6.03. The first kappa shape index (κ1) is 18.4. The average molecular weight is 384 g/mol. The minimum absolute atomic E-state index is 0.0785. The predicted molar refractivity (Wildman–Crippen MR) is 113 cm³/mol. The van der Waals surface area contributed by atoms with Crippen molar-refractivity contribution in [2.45, 2.75) is 57.0 Å². The molecule has 6 heteroatoms. The average Bonchev–Trinajstić information content (AvgIpc) is 3.50. The van der Waals surface area contributed by atoms with Gasteiger partial charge in [0.15, 0.2) is 0 Å². The molecule has 1 aromatic carbocycles. The highest BCUT2D eigenvalue weighted by atomic mass is 16.5. The zero-order chi connectivity index (χ0) is 18.9. The molecule has 0 bridgehead atoms. The summed E-state index contributed by atoms with van der Waals surface area (Å²) in [5, 5.41) is 18.0. The summed E-state index contributed by atoms with van der Waals surface area (Å²) in [6.07, 6.45) is 9.92. The van der Waals surface area contributed by atoms with Crippen molar-refractivity contribution in [2.75, 3.05) is 32.1 Å². The van der Waals surface area contributed by atoms with E-state index < -0.39 is 0 Å². The Kier molecular flexibility index (Phi) is 5.28. The van der Waals surface area contributed by atoms with Gasteiger partial charge in [-0.15, -0.1) is 0 Å². The molecule has 28 heavy (non-hydrogen) atoms. The van der Waals surface area contributed by atoms with E-state index in [1.54, 1.807) is 0 Å². The Bertz CT molecular complexity index is 745.